The Morgan fingerprint density at radius 1 is 1.27 bits per heavy atom. The quantitative estimate of drug-likeness (QED) is 0.558. The summed E-state index contributed by atoms with van der Waals surface area (Å²) in [4.78, 5) is 0. The largest absolute Gasteiger partial charge is 0.307 e. The molecule has 0 amide bonds. The molecule has 0 saturated heterocycles. The molecule has 1 fully saturated rings. The van der Waals surface area contributed by atoms with Gasteiger partial charge < -0.3 is 5.43 Å². The molecule has 4 heteroatoms. The highest BCUT2D eigenvalue weighted by Crippen LogP contribution is 2.32. The number of alkyl halides is 2. The summed E-state index contributed by atoms with van der Waals surface area (Å²) >= 11 is 0. The summed E-state index contributed by atoms with van der Waals surface area (Å²) in [5.41, 5.74) is 2.99. The third-order valence-electron chi connectivity index (χ3n) is 2.43. The van der Waals surface area contributed by atoms with Gasteiger partial charge in [-0.2, -0.15) is 5.10 Å². The summed E-state index contributed by atoms with van der Waals surface area (Å²) in [5, 5.41) is 4.09. The number of nitrogens with one attached hydrogen (secondary N) is 1. The van der Waals surface area contributed by atoms with E-state index in [1.54, 1.807) is 0 Å². The molecule has 1 aliphatic carbocycles. The topological polar surface area (TPSA) is 24.4 Å². The molecule has 0 aromatic carbocycles. The number of hydrazone groups is 1. The summed E-state index contributed by atoms with van der Waals surface area (Å²) in [6.07, 6.45) is 2.80. The van der Waals surface area contributed by atoms with E-state index >= 15 is 0 Å². The standard InChI is InChI=1S/C11H20F2N2/c1-10(2,3)8-14-15-9-4-6-11(12,13)7-5-9/h8-9,15H,4-7H2,1-3H3/b14-8+. The normalized spacial score (nSPS) is 23.3. The number of nitrogens with zero attached hydrogens (tertiary/aromatic N) is 1. The number of halogens is 2. The van der Waals surface area contributed by atoms with E-state index in [-0.39, 0.29) is 24.3 Å². The van der Waals surface area contributed by atoms with Crippen molar-refractivity contribution in [1.82, 2.24) is 5.43 Å². The van der Waals surface area contributed by atoms with Gasteiger partial charge >= 0.3 is 0 Å². The summed E-state index contributed by atoms with van der Waals surface area (Å²) in [7, 11) is 0. The van der Waals surface area contributed by atoms with Crippen LogP contribution in [-0.2, 0) is 0 Å². The monoisotopic (exact) mass is 218 g/mol. The van der Waals surface area contributed by atoms with Gasteiger partial charge in [-0.05, 0) is 18.3 Å². The number of hydrogen-bond donors (Lipinski definition) is 1. The Kier molecular flexibility index (Phi) is 3.68. The first kappa shape index (κ1) is 12.4. The zero-order chi connectivity index (χ0) is 11.5. The minimum absolute atomic E-state index is 0.0182. The first-order valence-electron chi connectivity index (χ1n) is 5.46. The fourth-order valence-electron chi connectivity index (χ4n) is 1.51. The minimum atomic E-state index is -2.45. The maximum absolute atomic E-state index is 12.8. The van der Waals surface area contributed by atoms with Gasteiger partial charge in [0.1, 0.15) is 0 Å². The molecule has 0 aliphatic heterocycles. The first-order valence-corrected chi connectivity index (χ1v) is 5.46. The summed E-state index contributed by atoms with van der Waals surface area (Å²) < 4.78 is 25.6. The third kappa shape index (κ3) is 5.09. The van der Waals surface area contributed by atoms with Crippen LogP contribution < -0.4 is 5.43 Å². The van der Waals surface area contributed by atoms with E-state index in [1.807, 2.05) is 27.0 Å². The van der Waals surface area contributed by atoms with Gasteiger partial charge in [0, 0.05) is 25.1 Å². The highest BCUT2D eigenvalue weighted by molar-refractivity contribution is 5.63. The fourth-order valence-corrected chi connectivity index (χ4v) is 1.51. The van der Waals surface area contributed by atoms with Gasteiger partial charge in [0.2, 0.25) is 5.92 Å². The molecule has 0 radical (unpaired) electrons. The van der Waals surface area contributed by atoms with Crippen molar-refractivity contribution in [3.63, 3.8) is 0 Å². The first-order chi connectivity index (χ1) is 6.79. The van der Waals surface area contributed by atoms with Crippen LogP contribution >= 0.6 is 0 Å². The molecule has 88 valence electrons. The van der Waals surface area contributed by atoms with Crippen LogP contribution in [-0.4, -0.2) is 18.2 Å². The van der Waals surface area contributed by atoms with Crippen LogP contribution in [0.25, 0.3) is 0 Å². The van der Waals surface area contributed by atoms with Gasteiger partial charge in [-0.1, -0.05) is 20.8 Å². The molecule has 15 heavy (non-hydrogen) atoms. The van der Waals surface area contributed by atoms with Crippen LogP contribution in [0.15, 0.2) is 5.10 Å². The van der Waals surface area contributed by atoms with Crippen LogP contribution in [0.1, 0.15) is 46.5 Å². The molecule has 0 bridgehead atoms. The molecule has 0 unspecified atom stereocenters. The van der Waals surface area contributed by atoms with Crippen molar-refractivity contribution in [2.75, 3.05) is 0 Å². The average molecular weight is 218 g/mol. The number of hydrogen-bond acceptors (Lipinski definition) is 2. The highest BCUT2D eigenvalue weighted by Gasteiger charge is 2.34. The minimum Gasteiger partial charge on any atom is -0.307 e. The molecular formula is C11H20F2N2. The van der Waals surface area contributed by atoms with Crippen molar-refractivity contribution in [3.05, 3.63) is 0 Å². The third-order valence-corrected chi connectivity index (χ3v) is 2.43. The van der Waals surface area contributed by atoms with Crippen molar-refractivity contribution >= 4 is 6.21 Å². The maximum Gasteiger partial charge on any atom is 0.248 e. The van der Waals surface area contributed by atoms with Crippen molar-refractivity contribution in [2.45, 2.75) is 58.4 Å². The van der Waals surface area contributed by atoms with Gasteiger partial charge in [0.05, 0.1) is 0 Å². The molecule has 1 rings (SSSR count). The van der Waals surface area contributed by atoms with Crippen LogP contribution in [0.3, 0.4) is 0 Å². The Morgan fingerprint density at radius 3 is 2.27 bits per heavy atom. The van der Waals surface area contributed by atoms with Gasteiger partial charge in [-0.15, -0.1) is 0 Å². The van der Waals surface area contributed by atoms with E-state index in [0.29, 0.717) is 12.8 Å². The van der Waals surface area contributed by atoms with Gasteiger partial charge in [0.25, 0.3) is 0 Å². The Morgan fingerprint density at radius 2 is 1.80 bits per heavy atom. The zero-order valence-electron chi connectivity index (χ0n) is 9.69. The summed E-state index contributed by atoms with van der Waals surface area (Å²) in [6, 6.07) is 0.114. The Labute approximate surface area is 90.1 Å². The van der Waals surface area contributed by atoms with Gasteiger partial charge in [-0.25, -0.2) is 8.78 Å². The Balaban J connectivity index is 2.28. The maximum atomic E-state index is 12.8. The fraction of sp³-hybridized carbons (Fsp3) is 0.909. The van der Waals surface area contributed by atoms with Crippen LogP contribution in [0.4, 0.5) is 8.78 Å². The Hall–Kier alpha value is -0.670. The second-order valence-corrected chi connectivity index (χ2v) is 5.38. The molecule has 0 spiro atoms. The van der Waals surface area contributed by atoms with Crippen LogP contribution in [0, 0.1) is 5.41 Å². The van der Waals surface area contributed by atoms with Crippen LogP contribution in [0.5, 0.6) is 0 Å². The van der Waals surface area contributed by atoms with Crippen molar-refractivity contribution in [2.24, 2.45) is 10.5 Å². The lowest BCUT2D eigenvalue weighted by atomic mass is 9.93. The lowest BCUT2D eigenvalue weighted by molar-refractivity contribution is -0.0403. The molecule has 1 N–H and O–H groups in total. The molecule has 0 heterocycles. The lowest BCUT2D eigenvalue weighted by Crippen LogP contribution is -2.34. The van der Waals surface area contributed by atoms with Crippen molar-refractivity contribution in [1.29, 1.82) is 0 Å². The van der Waals surface area contributed by atoms with E-state index < -0.39 is 5.92 Å². The molecule has 0 atom stereocenters. The zero-order valence-corrected chi connectivity index (χ0v) is 9.69. The molecular weight excluding hydrogens is 198 g/mol. The highest BCUT2D eigenvalue weighted by atomic mass is 19.3. The SMILES string of the molecule is CC(C)(C)/C=N/NC1CCC(F)(F)CC1. The van der Waals surface area contributed by atoms with E-state index in [4.69, 9.17) is 0 Å². The summed E-state index contributed by atoms with van der Waals surface area (Å²) in [6.45, 7) is 6.15. The smallest absolute Gasteiger partial charge is 0.248 e. The van der Waals surface area contributed by atoms with Crippen molar-refractivity contribution < 1.29 is 8.78 Å². The predicted molar refractivity (Wildman–Crippen MR) is 58.3 cm³/mol. The predicted octanol–water partition coefficient (Wildman–Crippen LogP) is 3.19. The van der Waals surface area contributed by atoms with E-state index in [0.717, 1.165) is 0 Å². The van der Waals surface area contributed by atoms with Gasteiger partial charge in [0.15, 0.2) is 0 Å². The molecule has 1 saturated carbocycles. The van der Waals surface area contributed by atoms with Crippen molar-refractivity contribution in [3.8, 4) is 0 Å². The van der Waals surface area contributed by atoms with E-state index in [2.05, 4.69) is 10.5 Å². The Bertz CT molecular complexity index is 221. The van der Waals surface area contributed by atoms with E-state index in [1.165, 1.54) is 0 Å². The molecule has 1 aliphatic rings. The number of rotatable bonds is 2. The molecule has 2 nitrogen and oxygen atoms in total. The lowest BCUT2D eigenvalue weighted by Gasteiger charge is -2.28. The van der Waals surface area contributed by atoms with Crippen LogP contribution in [0.2, 0.25) is 0 Å². The molecule has 0 aromatic rings. The van der Waals surface area contributed by atoms with Gasteiger partial charge in [-0.3, -0.25) is 0 Å². The average Bonchev–Trinajstić information content (AvgIpc) is 2.06. The second kappa shape index (κ2) is 4.45. The molecule has 0 aromatic heterocycles. The second-order valence-electron chi connectivity index (χ2n) is 5.38. The summed E-state index contributed by atoms with van der Waals surface area (Å²) in [5.74, 6) is -2.45. The van der Waals surface area contributed by atoms with E-state index in [9.17, 15) is 8.78 Å².